The molecule has 1 atom stereocenters. The maximum absolute atomic E-state index is 12.7. The van der Waals surface area contributed by atoms with Crippen LogP contribution in [0.2, 0.25) is 0 Å². The van der Waals surface area contributed by atoms with Crippen molar-refractivity contribution < 1.29 is 14.3 Å². The summed E-state index contributed by atoms with van der Waals surface area (Å²) in [6.07, 6.45) is 7.83. The highest BCUT2D eigenvalue weighted by Gasteiger charge is 2.27. The summed E-state index contributed by atoms with van der Waals surface area (Å²) in [5.74, 6) is 1.99. The van der Waals surface area contributed by atoms with Crippen LogP contribution in [-0.2, 0) is 20.9 Å². The molecule has 0 fully saturated rings. The zero-order chi connectivity index (χ0) is 21.0. The third-order valence-corrected chi connectivity index (χ3v) is 3.99. The molecule has 0 aliphatic rings. The third kappa shape index (κ3) is 9.36. The fourth-order valence-corrected chi connectivity index (χ4v) is 2.28. The number of ketones is 1. The van der Waals surface area contributed by atoms with E-state index in [1.165, 1.54) is 0 Å². The summed E-state index contributed by atoms with van der Waals surface area (Å²) < 4.78 is 5.68. The van der Waals surface area contributed by atoms with E-state index in [0.717, 1.165) is 11.1 Å². The average molecular weight is 386 g/mol. The highest BCUT2D eigenvalue weighted by Crippen LogP contribution is 2.08. The Morgan fingerprint density at radius 2 is 1.96 bits per heavy atom. The molecule has 0 spiro atoms. The molecule has 0 bridgehead atoms. The lowest BCUT2D eigenvalue weighted by atomic mass is 10.0. The second-order valence-electron chi connectivity index (χ2n) is 7.29. The van der Waals surface area contributed by atoms with Crippen LogP contribution >= 0.6 is 0 Å². The van der Waals surface area contributed by atoms with Crippen LogP contribution in [0.3, 0.4) is 0 Å². The number of ether oxygens (including phenoxy) is 1. The van der Waals surface area contributed by atoms with Crippen molar-refractivity contribution in [1.29, 1.82) is 0 Å². The van der Waals surface area contributed by atoms with Crippen molar-refractivity contribution in [2.24, 2.45) is 5.73 Å². The SMILES string of the molecule is C#CCN/C=C(\C)CCC(=O)[C@@H](COCc1ccccc1)NC(=O)C(C)(C)N. The minimum atomic E-state index is -1.08. The van der Waals surface area contributed by atoms with Gasteiger partial charge < -0.3 is 21.1 Å². The lowest BCUT2D eigenvalue weighted by Crippen LogP contribution is -2.55. The van der Waals surface area contributed by atoms with Crippen LogP contribution in [0.15, 0.2) is 42.1 Å². The molecule has 0 saturated carbocycles. The minimum Gasteiger partial charge on any atom is -0.380 e. The van der Waals surface area contributed by atoms with Crippen molar-refractivity contribution in [2.45, 2.75) is 51.8 Å². The number of nitrogens with one attached hydrogen (secondary N) is 2. The summed E-state index contributed by atoms with van der Waals surface area (Å²) >= 11 is 0. The number of amides is 1. The second kappa shape index (κ2) is 12.0. The van der Waals surface area contributed by atoms with Gasteiger partial charge in [0.1, 0.15) is 6.04 Å². The van der Waals surface area contributed by atoms with Crippen molar-refractivity contribution >= 4 is 11.7 Å². The molecule has 28 heavy (non-hydrogen) atoms. The van der Waals surface area contributed by atoms with Crippen LogP contribution in [-0.4, -0.2) is 36.4 Å². The molecule has 0 heterocycles. The molecule has 1 aromatic carbocycles. The van der Waals surface area contributed by atoms with Gasteiger partial charge in [-0.1, -0.05) is 41.8 Å². The summed E-state index contributed by atoms with van der Waals surface area (Å²) in [6, 6.07) is 8.90. The number of carbonyl (C=O) groups is 2. The van der Waals surface area contributed by atoms with Gasteiger partial charge in [0.15, 0.2) is 5.78 Å². The van der Waals surface area contributed by atoms with Gasteiger partial charge >= 0.3 is 0 Å². The molecule has 1 amide bonds. The molecule has 1 rings (SSSR count). The van der Waals surface area contributed by atoms with Crippen LogP contribution < -0.4 is 16.4 Å². The Bertz CT molecular complexity index is 700. The summed E-state index contributed by atoms with van der Waals surface area (Å²) in [6.45, 7) is 5.99. The molecule has 0 unspecified atom stereocenters. The molecule has 6 heteroatoms. The van der Waals surface area contributed by atoms with Gasteiger partial charge in [-0.25, -0.2) is 0 Å². The fraction of sp³-hybridized carbons (Fsp3) is 0.455. The Balaban J connectivity index is 2.65. The van der Waals surface area contributed by atoms with Gasteiger partial charge in [-0.3, -0.25) is 9.59 Å². The third-order valence-electron chi connectivity index (χ3n) is 3.99. The van der Waals surface area contributed by atoms with Crippen LogP contribution in [0.25, 0.3) is 0 Å². The van der Waals surface area contributed by atoms with Gasteiger partial charge in [0.25, 0.3) is 0 Å². The zero-order valence-corrected chi connectivity index (χ0v) is 17.0. The normalized spacial score (nSPS) is 12.8. The maximum atomic E-state index is 12.7. The quantitative estimate of drug-likeness (QED) is 0.377. The molecule has 0 aliphatic carbocycles. The number of allylic oxidation sites excluding steroid dienone is 1. The lowest BCUT2D eigenvalue weighted by Gasteiger charge is -2.23. The zero-order valence-electron chi connectivity index (χ0n) is 17.0. The predicted molar refractivity (Wildman–Crippen MR) is 111 cm³/mol. The number of carbonyl (C=O) groups excluding carboxylic acids is 2. The van der Waals surface area contributed by atoms with E-state index in [1.807, 2.05) is 37.3 Å². The largest absolute Gasteiger partial charge is 0.380 e. The topological polar surface area (TPSA) is 93.5 Å². The van der Waals surface area contributed by atoms with Gasteiger partial charge in [0.05, 0.1) is 25.3 Å². The fourth-order valence-electron chi connectivity index (χ4n) is 2.28. The van der Waals surface area contributed by atoms with Gasteiger partial charge in [-0.15, -0.1) is 6.42 Å². The van der Waals surface area contributed by atoms with Crippen LogP contribution in [0, 0.1) is 12.3 Å². The summed E-state index contributed by atoms with van der Waals surface area (Å²) in [5, 5.41) is 5.69. The number of nitrogens with two attached hydrogens (primary N) is 1. The van der Waals surface area contributed by atoms with Crippen molar-refractivity contribution in [3.8, 4) is 12.3 Å². The van der Waals surface area contributed by atoms with Crippen LogP contribution in [0.1, 0.15) is 39.2 Å². The number of Topliss-reactive ketones (excluding diaryl/α,β-unsaturated/α-hetero) is 1. The van der Waals surface area contributed by atoms with Crippen LogP contribution in [0.5, 0.6) is 0 Å². The van der Waals surface area contributed by atoms with Gasteiger partial charge in [0.2, 0.25) is 5.91 Å². The maximum Gasteiger partial charge on any atom is 0.240 e. The predicted octanol–water partition coefficient (Wildman–Crippen LogP) is 1.90. The summed E-state index contributed by atoms with van der Waals surface area (Å²) in [7, 11) is 0. The van der Waals surface area contributed by atoms with Crippen LogP contribution in [0.4, 0.5) is 0 Å². The minimum absolute atomic E-state index is 0.0909. The summed E-state index contributed by atoms with van der Waals surface area (Å²) in [4.78, 5) is 24.9. The number of hydrogen-bond acceptors (Lipinski definition) is 5. The van der Waals surface area contributed by atoms with E-state index in [-0.39, 0.29) is 18.8 Å². The van der Waals surface area contributed by atoms with E-state index in [4.69, 9.17) is 16.9 Å². The Kier molecular flexibility index (Phi) is 10.0. The first-order chi connectivity index (χ1) is 13.2. The first-order valence-corrected chi connectivity index (χ1v) is 9.30. The van der Waals surface area contributed by atoms with Gasteiger partial charge in [-0.2, -0.15) is 0 Å². The molecular formula is C22H31N3O3. The molecule has 0 radical (unpaired) electrons. The van der Waals surface area contributed by atoms with Gasteiger partial charge in [0, 0.05) is 6.42 Å². The molecule has 1 aromatic rings. The monoisotopic (exact) mass is 385 g/mol. The van der Waals surface area contributed by atoms with Crippen molar-refractivity contribution in [3.05, 3.63) is 47.7 Å². The average Bonchev–Trinajstić information content (AvgIpc) is 2.65. The molecule has 0 saturated heterocycles. The Labute approximate surface area is 167 Å². The molecule has 0 aliphatic heterocycles. The van der Waals surface area contributed by atoms with E-state index >= 15 is 0 Å². The Morgan fingerprint density at radius 3 is 2.57 bits per heavy atom. The second-order valence-corrected chi connectivity index (χ2v) is 7.29. The number of benzene rings is 1. The van der Waals surface area contributed by atoms with E-state index in [9.17, 15) is 9.59 Å². The van der Waals surface area contributed by atoms with Crippen molar-refractivity contribution in [1.82, 2.24) is 10.6 Å². The Morgan fingerprint density at radius 1 is 1.29 bits per heavy atom. The van der Waals surface area contributed by atoms with E-state index in [2.05, 4.69) is 16.6 Å². The van der Waals surface area contributed by atoms with E-state index < -0.39 is 17.5 Å². The molecular weight excluding hydrogens is 354 g/mol. The molecule has 4 N–H and O–H groups in total. The number of terminal acetylenes is 1. The van der Waals surface area contributed by atoms with E-state index in [1.54, 1.807) is 20.0 Å². The first-order valence-electron chi connectivity index (χ1n) is 9.30. The highest BCUT2D eigenvalue weighted by atomic mass is 16.5. The van der Waals surface area contributed by atoms with Crippen molar-refractivity contribution in [3.63, 3.8) is 0 Å². The first kappa shape index (κ1) is 23.4. The number of rotatable bonds is 12. The van der Waals surface area contributed by atoms with Crippen molar-refractivity contribution in [2.75, 3.05) is 13.2 Å². The Hall–Kier alpha value is -2.62. The lowest BCUT2D eigenvalue weighted by molar-refractivity contribution is -0.131. The smallest absolute Gasteiger partial charge is 0.240 e. The summed E-state index contributed by atoms with van der Waals surface area (Å²) in [5.41, 5.74) is 6.76. The van der Waals surface area contributed by atoms with Gasteiger partial charge in [-0.05, 0) is 39.0 Å². The van der Waals surface area contributed by atoms with E-state index in [0.29, 0.717) is 19.6 Å². The molecule has 152 valence electrons. The standard InChI is InChI=1S/C22H31N3O3/c1-5-13-24-14-17(2)11-12-20(26)19(25-21(27)22(3,4)23)16-28-15-18-9-7-6-8-10-18/h1,6-10,14,19,24H,11-13,15-16,23H2,2-4H3,(H,25,27)/b17-14+/t19-/m1/s1. The number of hydrogen-bond donors (Lipinski definition) is 3. The molecule has 0 aromatic heterocycles. The highest BCUT2D eigenvalue weighted by molar-refractivity contribution is 5.92. The molecule has 6 nitrogen and oxygen atoms in total.